The number of nitrogens with zero attached hydrogens (tertiary/aromatic N) is 3. The van der Waals surface area contributed by atoms with Crippen molar-refractivity contribution in [2.24, 2.45) is 13.0 Å². The zero-order valence-electron chi connectivity index (χ0n) is 14.5. The van der Waals surface area contributed by atoms with Gasteiger partial charge in [0.05, 0.1) is 12.5 Å². The number of likely N-dealkylation sites (tertiary alicyclic amines) is 1. The molecule has 1 saturated heterocycles. The first kappa shape index (κ1) is 17.0. The highest BCUT2D eigenvalue weighted by molar-refractivity contribution is 5.83. The Hall–Kier alpha value is -1.85. The standard InChI is InChI=1S/C18H28N4O2/c1-21-11-10-19-16(21)12-20-18(24)14-8-9-17(23)22(13-14)15-6-4-2-3-5-7-15/h10-11,14-15H,2-9,12-13H2,1H3,(H,20,24)/t14-/m0/s1. The maximum atomic E-state index is 12.5. The van der Waals surface area contributed by atoms with Gasteiger partial charge in [-0.2, -0.15) is 0 Å². The predicted molar refractivity (Wildman–Crippen MR) is 91.0 cm³/mol. The number of nitrogens with one attached hydrogen (secondary N) is 1. The van der Waals surface area contributed by atoms with Crippen molar-refractivity contribution in [3.63, 3.8) is 0 Å². The van der Waals surface area contributed by atoms with E-state index in [1.54, 1.807) is 6.20 Å². The van der Waals surface area contributed by atoms with Crippen molar-refractivity contribution in [1.82, 2.24) is 19.8 Å². The van der Waals surface area contributed by atoms with E-state index in [0.717, 1.165) is 18.7 Å². The van der Waals surface area contributed by atoms with E-state index in [1.807, 2.05) is 22.7 Å². The zero-order valence-corrected chi connectivity index (χ0v) is 14.5. The average molecular weight is 332 g/mol. The fourth-order valence-corrected chi connectivity index (χ4v) is 3.89. The minimum absolute atomic E-state index is 0.0455. The number of hydrogen-bond acceptors (Lipinski definition) is 3. The van der Waals surface area contributed by atoms with E-state index in [1.165, 1.54) is 25.7 Å². The van der Waals surface area contributed by atoms with E-state index in [-0.39, 0.29) is 17.7 Å². The summed E-state index contributed by atoms with van der Waals surface area (Å²) in [4.78, 5) is 31.1. The van der Waals surface area contributed by atoms with Gasteiger partial charge in [-0.05, 0) is 19.3 Å². The monoisotopic (exact) mass is 332 g/mol. The number of aromatic nitrogens is 2. The third-order valence-corrected chi connectivity index (χ3v) is 5.42. The first-order valence-electron chi connectivity index (χ1n) is 9.18. The molecule has 6 heteroatoms. The number of hydrogen-bond donors (Lipinski definition) is 1. The maximum Gasteiger partial charge on any atom is 0.225 e. The molecule has 3 rings (SSSR count). The van der Waals surface area contributed by atoms with Crippen LogP contribution in [0.2, 0.25) is 0 Å². The minimum Gasteiger partial charge on any atom is -0.349 e. The molecule has 1 aliphatic heterocycles. The van der Waals surface area contributed by atoms with Crippen LogP contribution in [0.5, 0.6) is 0 Å². The van der Waals surface area contributed by atoms with Crippen LogP contribution in [-0.4, -0.2) is 38.9 Å². The normalized spacial score (nSPS) is 23.1. The van der Waals surface area contributed by atoms with Crippen LogP contribution in [0.25, 0.3) is 0 Å². The van der Waals surface area contributed by atoms with Gasteiger partial charge in [-0.3, -0.25) is 9.59 Å². The molecule has 1 atom stereocenters. The summed E-state index contributed by atoms with van der Waals surface area (Å²) < 4.78 is 1.91. The summed E-state index contributed by atoms with van der Waals surface area (Å²) in [5.74, 6) is 1.03. The summed E-state index contributed by atoms with van der Waals surface area (Å²) in [6, 6.07) is 0.338. The van der Waals surface area contributed by atoms with E-state index in [4.69, 9.17) is 0 Å². The third-order valence-electron chi connectivity index (χ3n) is 5.42. The predicted octanol–water partition coefficient (Wildman–Crippen LogP) is 2.00. The smallest absolute Gasteiger partial charge is 0.225 e. The van der Waals surface area contributed by atoms with E-state index in [0.29, 0.717) is 32.0 Å². The molecule has 0 radical (unpaired) electrons. The number of rotatable bonds is 4. The molecule has 6 nitrogen and oxygen atoms in total. The Morgan fingerprint density at radius 2 is 2.00 bits per heavy atom. The van der Waals surface area contributed by atoms with Gasteiger partial charge < -0.3 is 14.8 Å². The summed E-state index contributed by atoms with van der Waals surface area (Å²) in [5, 5.41) is 2.99. The lowest BCUT2D eigenvalue weighted by Crippen LogP contribution is -2.49. The Morgan fingerprint density at radius 3 is 2.67 bits per heavy atom. The average Bonchev–Trinajstić information content (AvgIpc) is 2.83. The van der Waals surface area contributed by atoms with E-state index in [9.17, 15) is 9.59 Å². The van der Waals surface area contributed by atoms with E-state index < -0.39 is 0 Å². The Kier molecular flexibility index (Phi) is 5.53. The van der Waals surface area contributed by atoms with Gasteiger partial charge in [-0.25, -0.2) is 4.98 Å². The van der Waals surface area contributed by atoms with E-state index >= 15 is 0 Å². The molecular weight excluding hydrogens is 304 g/mol. The Morgan fingerprint density at radius 1 is 1.25 bits per heavy atom. The number of imidazole rings is 1. The van der Waals surface area contributed by atoms with Gasteiger partial charge in [0, 0.05) is 38.4 Å². The van der Waals surface area contributed by atoms with Crippen molar-refractivity contribution in [3.8, 4) is 0 Å². The highest BCUT2D eigenvalue weighted by Crippen LogP contribution is 2.27. The van der Waals surface area contributed by atoms with Crippen molar-refractivity contribution in [2.75, 3.05) is 6.54 Å². The minimum atomic E-state index is -0.0915. The molecule has 1 aromatic rings. The van der Waals surface area contributed by atoms with Crippen LogP contribution in [-0.2, 0) is 23.2 Å². The van der Waals surface area contributed by atoms with Gasteiger partial charge in [-0.1, -0.05) is 25.7 Å². The maximum absolute atomic E-state index is 12.5. The molecule has 1 N–H and O–H groups in total. The molecule has 1 saturated carbocycles. The molecule has 1 aromatic heterocycles. The Balaban J connectivity index is 1.56. The third kappa shape index (κ3) is 3.97. The lowest BCUT2D eigenvalue weighted by molar-refractivity contribution is -0.141. The molecule has 1 aliphatic carbocycles. The molecule has 2 aliphatic rings. The van der Waals surface area contributed by atoms with Crippen molar-refractivity contribution in [2.45, 2.75) is 64.0 Å². The molecule has 132 valence electrons. The molecule has 0 spiro atoms. The molecule has 2 fully saturated rings. The van der Waals surface area contributed by atoms with Gasteiger partial charge in [-0.15, -0.1) is 0 Å². The quantitative estimate of drug-likeness (QED) is 0.858. The first-order valence-corrected chi connectivity index (χ1v) is 9.18. The molecular formula is C18H28N4O2. The summed E-state index contributed by atoms with van der Waals surface area (Å²) >= 11 is 0. The fourth-order valence-electron chi connectivity index (χ4n) is 3.89. The largest absolute Gasteiger partial charge is 0.349 e. The number of amides is 2. The van der Waals surface area contributed by atoms with Crippen molar-refractivity contribution in [3.05, 3.63) is 18.2 Å². The lowest BCUT2D eigenvalue weighted by atomic mass is 9.93. The summed E-state index contributed by atoms with van der Waals surface area (Å²) in [5.41, 5.74) is 0. The molecule has 0 aromatic carbocycles. The van der Waals surface area contributed by atoms with Crippen molar-refractivity contribution < 1.29 is 9.59 Å². The van der Waals surface area contributed by atoms with Crippen LogP contribution >= 0.6 is 0 Å². The Labute approximate surface area is 143 Å². The van der Waals surface area contributed by atoms with Crippen LogP contribution < -0.4 is 5.32 Å². The van der Waals surface area contributed by atoms with Crippen molar-refractivity contribution in [1.29, 1.82) is 0 Å². The van der Waals surface area contributed by atoms with Crippen LogP contribution in [0.1, 0.15) is 57.2 Å². The van der Waals surface area contributed by atoms with Gasteiger partial charge in [0.25, 0.3) is 0 Å². The molecule has 2 heterocycles. The van der Waals surface area contributed by atoms with Crippen LogP contribution in [0.4, 0.5) is 0 Å². The number of carbonyl (C=O) groups excluding carboxylic acids is 2. The Bertz CT molecular complexity index is 575. The van der Waals surface area contributed by atoms with Crippen LogP contribution in [0.15, 0.2) is 12.4 Å². The highest BCUT2D eigenvalue weighted by atomic mass is 16.2. The van der Waals surface area contributed by atoms with Crippen LogP contribution in [0.3, 0.4) is 0 Å². The second kappa shape index (κ2) is 7.81. The second-order valence-corrected chi connectivity index (χ2v) is 7.10. The number of carbonyl (C=O) groups is 2. The fraction of sp³-hybridized carbons (Fsp3) is 0.722. The van der Waals surface area contributed by atoms with Gasteiger partial charge in [0.1, 0.15) is 5.82 Å². The van der Waals surface area contributed by atoms with Crippen molar-refractivity contribution >= 4 is 11.8 Å². The number of aryl methyl sites for hydroxylation is 1. The summed E-state index contributed by atoms with van der Waals surface area (Å²) in [7, 11) is 1.92. The molecule has 2 amide bonds. The van der Waals surface area contributed by atoms with Gasteiger partial charge >= 0.3 is 0 Å². The SMILES string of the molecule is Cn1ccnc1CNC(=O)[C@H]1CCC(=O)N(C2CCCCCC2)C1. The first-order chi connectivity index (χ1) is 11.6. The zero-order chi connectivity index (χ0) is 16.9. The summed E-state index contributed by atoms with van der Waals surface area (Å²) in [6.07, 6.45) is 11.9. The molecule has 0 bridgehead atoms. The van der Waals surface area contributed by atoms with E-state index in [2.05, 4.69) is 10.3 Å². The second-order valence-electron chi connectivity index (χ2n) is 7.10. The van der Waals surface area contributed by atoms with Gasteiger partial charge in [0.15, 0.2) is 0 Å². The molecule has 24 heavy (non-hydrogen) atoms. The highest BCUT2D eigenvalue weighted by Gasteiger charge is 2.34. The lowest BCUT2D eigenvalue weighted by Gasteiger charge is -2.37. The van der Waals surface area contributed by atoms with Gasteiger partial charge in [0.2, 0.25) is 11.8 Å². The topological polar surface area (TPSA) is 67.2 Å². The molecule has 0 unspecified atom stereocenters. The number of piperidine rings is 1. The summed E-state index contributed by atoms with van der Waals surface area (Å²) in [6.45, 7) is 1.02. The van der Waals surface area contributed by atoms with Crippen LogP contribution in [0, 0.1) is 5.92 Å².